The van der Waals surface area contributed by atoms with Crippen molar-refractivity contribution in [1.29, 1.82) is 0 Å². The molecule has 13 heavy (non-hydrogen) atoms. The summed E-state index contributed by atoms with van der Waals surface area (Å²) in [4.78, 5) is 0. The molecule has 1 fully saturated rings. The van der Waals surface area contributed by atoms with Crippen molar-refractivity contribution in [2.24, 2.45) is 0 Å². The SMILES string of the molecule is FC(F)(F)C(F)(C1CO1)C(F)(F)F. The first-order valence-electron chi connectivity index (χ1n) is 3.04. The zero-order valence-electron chi connectivity index (χ0n) is 5.84. The summed E-state index contributed by atoms with van der Waals surface area (Å²) in [6, 6.07) is 0. The molecule has 0 aromatic rings. The van der Waals surface area contributed by atoms with Crippen LogP contribution in [0.1, 0.15) is 0 Å². The molecule has 0 spiro atoms. The molecule has 0 saturated carbocycles. The fourth-order valence-electron chi connectivity index (χ4n) is 0.804. The van der Waals surface area contributed by atoms with Gasteiger partial charge in [0.1, 0.15) is 6.10 Å². The third-order valence-corrected chi connectivity index (χ3v) is 1.60. The summed E-state index contributed by atoms with van der Waals surface area (Å²) < 4.78 is 86.6. The molecule has 1 aliphatic rings. The van der Waals surface area contributed by atoms with Gasteiger partial charge < -0.3 is 4.74 Å². The van der Waals surface area contributed by atoms with Gasteiger partial charge in [0.2, 0.25) is 0 Å². The van der Waals surface area contributed by atoms with Crippen LogP contribution in [-0.4, -0.2) is 30.7 Å². The van der Waals surface area contributed by atoms with Crippen LogP contribution in [0.15, 0.2) is 0 Å². The van der Waals surface area contributed by atoms with Gasteiger partial charge in [-0.25, -0.2) is 4.39 Å². The van der Waals surface area contributed by atoms with Crippen molar-refractivity contribution in [3.05, 3.63) is 0 Å². The molecule has 1 rings (SSSR count). The zero-order chi connectivity index (χ0) is 10.5. The van der Waals surface area contributed by atoms with Crippen molar-refractivity contribution in [2.45, 2.75) is 24.1 Å². The third-order valence-electron chi connectivity index (χ3n) is 1.60. The van der Waals surface area contributed by atoms with Gasteiger partial charge in [0.15, 0.2) is 0 Å². The van der Waals surface area contributed by atoms with E-state index in [1.165, 1.54) is 0 Å². The molecule has 1 aliphatic heterocycles. The summed E-state index contributed by atoms with van der Waals surface area (Å²) >= 11 is 0. The molecule has 0 aromatic heterocycles. The Labute approximate surface area is 67.5 Å². The van der Waals surface area contributed by atoms with Crippen molar-refractivity contribution < 1.29 is 35.5 Å². The Kier molecular flexibility index (Phi) is 2.02. The summed E-state index contributed by atoms with van der Waals surface area (Å²) in [6.45, 7) is -0.866. The van der Waals surface area contributed by atoms with Crippen molar-refractivity contribution >= 4 is 0 Å². The van der Waals surface area contributed by atoms with Gasteiger partial charge in [-0.05, 0) is 0 Å². The topological polar surface area (TPSA) is 12.5 Å². The molecule has 1 saturated heterocycles. The van der Waals surface area contributed by atoms with Gasteiger partial charge in [0, 0.05) is 0 Å². The minimum atomic E-state index is -5.99. The fourth-order valence-corrected chi connectivity index (χ4v) is 0.804. The zero-order valence-corrected chi connectivity index (χ0v) is 5.84. The van der Waals surface area contributed by atoms with E-state index in [0.717, 1.165) is 0 Å². The first-order valence-corrected chi connectivity index (χ1v) is 3.04. The predicted molar refractivity (Wildman–Crippen MR) is 25.7 cm³/mol. The van der Waals surface area contributed by atoms with Crippen molar-refractivity contribution in [3.8, 4) is 0 Å². The van der Waals surface area contributed by atoms with Crippen LogP contribution in [0, 0.1) is 0 Å². The van der Waals surface area contributed by atoms with Crippen LogP contribution in [-0.2, 0) is 4.74 Å². The highest BCUT2D eigenvalue weighted by molar-refractivity contribution is 5.05. The average molecular weight is 212 g/mol. The van der Waals surface area contributed by atoms with E-state index in [4.69, 9.17) is 0 Å². The quantitative estimate of drug-likeness (QED) is 0.479. The maximum absolute atomic E-state index is 12.6. The van der Waals surface area contributed by atoms with Crippen LogP contribution in [0.5, 0.6) is 0 Å². The average Bonchev–Trinajstić information content (AvgIpc) is 2.60. The van der Waals surface area contributed by atoms with Crippen LogP contribution in [0.25, 0.3) is 0 Å². The summed E-state index contributed by atoms with van der Waals surface area (Å²) in [5.41, 5.74) is -5.24. The lowest BCUT2D eigenvalue weighted by Gasteiger charge is -2.28. The first kappa shape index (κ1) is 10.6. The van der Waals surface area contributed by atoms with Crippen LogP contribution < -0.4 is 0 Å². The maximum atomic E-state index is 12.6. The van der Waals surface area contributed by atoms with E-state index >= 15 is 0 Å². The minimum Gasteiger partial charge on any atom is -0.369 e. The lowest BCUT2D eigenvalue weighted by Crippen LogP contribution is -2.57. The van der Waals surface area contributed by atoms with Gasteiger partial charge in [-0.3, -0.25) is 0 Å². The van der Waals surface area contributed by atoms with Gasteiger partial charge in [-0.1, -0.05) is 0 Å². The monoisotopic (exact) mass is 212 g/mol. The number of alkyl halides is 7. The fraction of sp³-hybridized carbons (Fsp3) is 1.00. The molecule has 1 unspecified atom stereocenters. The smallest absolute Gasteiger partial charge is 0.369 e. The minimum absolute atomic E-state index is 0.866. The molecule has 0 amide bonds. The Balaban J connectivity index is 3.01. The second-order valence-corrected chi connectivity index (χ2v) is 2.53. The van der Waals surface area contributed by atoms with Crippen LogP contribution in [0.4, 0.5) is 30.7 Å². The van der Waals surface area contributed by atoms with Crippen LogP contribution >= 0.6 is 0 Å². The summed E-state index contributed by atoms with van der Waals surface area (Å²) in [6.07, 6.45) is -14.4. The van der Waals surface area contributed by atoms with E-state index < -0.39 is 30.7 Å². The number of hydrogen-bond acceptors (Lipinski definition) is 1. The maximum Gasteiger partial charge on any atom is 0.434 e. The molecule has 8 heteroatoms. The molecule has 1 nitrogen and oxygen atoms in total. The Bertz CT molecular complexity index is 186. The van der Waals surface area contributed by atoms with Gasteiger partial charge >= 0.3 is 18.0 Å². The van der Waals surface area contributed by atoms with E-state index in [1.54, 1.807) is 0 Å². The molecule has 78 valence electrons. The molecular weight excluding hydrogens is 209 g/mol. The van der Waals surface area contributed by atoms with Gasteiger partial charge in [0.05, 0.1) is 6.61 Å². The number of halogens is 7. The Morgan fingerprint density at radius 2 is 1.15 bits per heavy atom. The van der Waals surface area contributed by atoms with E-state index in [-0.39, 0.29) is 0 Å². The number of rotatable bonds is 1. The van der Waals surface area contributed by atoms with Gasteiger partial charge in [-0.2, -0.15) is 26.3 Å². The summed E-state index contributed by atoms with van der Waals surface area (Å²) in [7, 11) is 0. The molecule has 1 heterocycles. The first-order chi connectivity index (χ1) is 5.61. The van der Waals surface area contributed by atoms with Gasteiger partial charge in [0.25, 0.3) is 0 Å². The van der Waals surface area contributed by atoms with E-state index in [1.807, 2.05) is 0 Å². The lowest BCUT2D eigenvalue weighted by molar-refractivity contribution is -0.346. The Hall–Kier alpha value is -0.530. The molecular formula is C5H3F7O. The highest BCUT2D eigenvalue weighted by Crippen LogP contribution is 2.52. The van der Waals surface area contributed by atoms with Crippen LogP contribution in [0.3, 0.4) is 0 Å². The van der Waals surface area contributed by atoms with Crippen LogP contribution in [0.2, 0.25) is 0 Å². The molecule has 0 radical (unpaired) electrons. The summed E-state index contributed by atoms with van der Waals surface area (Å²) in [5.74, 6) is 0. The molecule has 0 bridgehead atoms. The van der Waals surface area contributed by atoms with Crippen molar-refractivity contribution in [1.82, 2.24) is 0 Å². The van der Waals surface area contributed by atoms with Crippen molar-refractivity contribution in [2.75, 3.05) is 6.61 Å². The standard InChI is InChI=1S/C5H3F7O/c6-3(2-1-13-2,4(7,8)9)5(10,11)12/h2H,1H2. The van der Waals surface area contributed by atoms with E-state index in [2.05, 4.69) is 4.74 Å². The second kappa shape index (κ2) is 2.49. The highest BCUT2D eigenvalue weighted by atomic mass is 19.4. The molecule has 0 aliphatic carbocycles. The lowest BCUT2D eigenvalue weighted by atomic mass is 10.0. The largest absolute Gasteiger partial charge is 0.434 e. The second-order valence-electron chi connectivity index (χ2n) is 2.53. The predicted octanol–water partition coefficient (Wildman–Crippen LogP) is 2.22. The van der Waals surface area contributed by atoms with E-state index in [9.17, 15) is 30.7 Å². The van der Waals surface area contributed by atoms with Crippen molar-refractivity contribution in [3.63, 3.8) is 0 Å². The molecule has 0 aromatic carbocycles. The molecule has 0 N–H and O–H groups in total. The highest BCUT2D eigenvalue weighted by Gasteiger charge is 2.79. The van der Waals surface area contributed by atoms with E-state index in [0.29, 0.717) is 0 Å². The Morgan fingerprint density at radius 1 is 0.846 bits per heavy atom. The molecule has 1 atom stereocenters. The normalized spacial score (nSPS) is 24.7. The summed E-state index contributed by atoms with van der Waals surface area (Å²) in [5, 5.41) is 0. The number of hydrogen-bond donors (Lipinski definition) is 0. The third kappa shape index (κ3) is 1.47. The van der Waals surface area contributed by atoms with Gasteiger partial charge in [-0.15, -0.1) is 0 Å². The number of ether oxygens (including phenoxy) is 1. The number of epoxide rings is 1. The Morgan fingerprint density at radius 3 is 1.23 bits per heavy atom.